The molecule has 1 aromatic heterocycles. The number of sulfonamides is 1. The lowest BCUT2D eigenvalue weighted by molar-refractivity contribution is -0.122. The monoisotopic (exact) mass is 650 g/mol. The van der Waals surface area contributed by atoms with Crippen molar-refractivity contribution in [2.75, 3.05) is 19.6 Å². The van der Waals surface area contributed by atoms with E-state index in [0.717, 1.165) is 43.4 Å². The maximum Gasteiger partial charge on any atom is 0.266 e. The summed E-state index contributed by atoms with van der Waals surface area (Å²) in [6.45, 7) is 10.2. The van der Waals surface area contributed by atoms with Gasteiger partial charge in [0.05, 0.1) is 15.5 Å². The van der Waals surface area contributed by atoms with E-state index in [9.17, 15) is 13.2 Å². The van der Waals surface area contributed by atoms with Crippen molar-refractivity contribution in [1.29, 1.82) is 0 Å². The highest BCUT2D eigenvalue weighted by molar-refractivity contribution is 8.26. The number of carbonyl (C=O) groups is 1. The fraction of sp³-hybridized carbons (Fsp3) is 0.441. The van der Waals surface area contributed by atoms with Crippen molar-refractivity contribution in [2.24, 2.45) is 17.8 Å². The van der Waals surface area contributed by atoms with Gasteiger partial charge in [0.2, 0.25) is 10.0 Å². The highest BCUT2D eigenvalue weighted by Crippen LogP contribution is 2.37. The molecule has 0 saturated carbocycles. The number of unbranched alkanes of at least 4 members (excludes halogenated alkanes) is 1. The van der Waals surface area contributed by atoms with Crippen LogP contribution in [0.5, 0.6) is 0 Å². The van der Waals surface area contributed by atoms with Gasteiger partial charge in [0.15, 0.2) is 0 Å². The Morgan fingerprint density at radius 1 is 1.07 bits per heavy atom. The molecule has 0 spiro atoms. The standard InChI is InChI=1S/C34H42N4O3S3/c1-5-7-12-26(6-2)22-37-33(39)31(43-34(37)42)19-28-23-38(29-14-9-8-10-15-29)35-32(28)27-13-11-16-30(18-27)44(40,41)36-20-24(3)17-25(4)21-36/h8-11,13-16,18-19,23-26H,5-7,12,17,20-22H2,1-4H3/b31-19-. The molecule has 5 rings (SSSR count). The Hall–Kier alpha value is -2.79. The van der Waals surface area contributed by atoms with Gasteiger partial charge in [-0.3, -0.25) is 9.69 Å². The summed E-state index contributed by atoms with van der Waals surface area (Å²) in [6, 6.07) is 16.8. The van der Waals surface area contributed by atoms with E-state index in [1.54, 1.807) is 32.1 Å². The molecule has 0 aliphatic carbocycles. The third-order valence-corrected chi connectivity index (χ3v) is 11.7. The lowest BCUT2D eigenvalue weighted by Crippen LogP contribution is -2.42. The number of carbonyl (C=O) groups excluding carboxylic acids is 1. The Morgan fingerprint density at radius 3 is 2.48 bits per heavy atom. The molecule has 2 aliphatic rings. The average Bonchev–Trinajstić information content (AvgIpc) is 3.55. The number of nitrogens with zero attached hydrogens (tertiary/aromatic N) is 4. The molecule has 2 fully saturated rings. The summed E-state index contributed by atoms with van der Waals surface area (Å²) in [5.41, 5.74) is 2.86. The molecular weight excluding hydrogens is 609 g/mol. The smallest absolute Gasteiger partial charge is 0.266 e. The van der Waals surface area contributed by atoms with Gasteiger partial charge < -0.3 is 0 Å². The van der Waals surface area contributed by atoms with Crippen molar-refractivity contribution in [2.45, 2.75) is 64.7 Å². The molecule has 44 heavy (non-hydrogen) atoms. The van der Waals surface area contributed by atoms with Gasteiger partial charge in [-0.05, 0) is 60.9 Å². The van der Waals surface area contributed by atoms with Crippen LogP contribution in [0.2, 0.25) is 0 Å². The Bertz CT molecular complexity index is 1620. The predicted molar refractivity (Wildman–Crippen MR) is 184 cm³/mol. The zero-order chi connectivity index (χ0) is 31.4. The molecule has 0 N–H and O–H groups in total. The number of piperidine rings is 1. The Balaban J connectivity index is 1.51. The minimum absolute atomic E-state index is 0.0852. The minimum Gasteiger partial charge on any atom is -0.293 e. The predicted octanol–water partition coefficient (Wildman–Crippen LogP) is 7.62. The molecule has 3 unspecified atom stereocenters. The van der Waals surface area contributed by atoms with Gasteiger partial charge in [-0.2, -0.15) is 9.40 Å². The number of thioether (sulfide) groups is 1. The highest BCUT2D eigenvalue weighted by Gasteiger charge is 2.34. The third kappa shape index (κ3) is 7.19. The number of benzene rings is 2. The highest BCUT2D eigenvalue weighted by atomic mass is 32.2. The van der Waals surface area contributed by atoms with E-state index in [0.29, 0.717) is 57.9 Å². The molecule has 2 aliphatic heterocycles. The number of thiocarbonyl (C=S) groups is 1. The molecule has 1 amide bonds. The van der Waals surface area contributed by atoms with Gasteiger partial charge in [0, 0.05) is 37.0 Å². The number of amides is 1. The first-order valence-corrected chi connectivity index (χ1v) is 18.3. The zero-order valence-corrected chi connectivity index (χ0v) is 28.4. The maximum absolute atomic E-state index is 13.8. The molecule has 234 valence electrons. The normalized spacial score (nSPS) is 21.4. The fourth-order valence-electron chi connectivity index (χ4n) is 6.16. The summed E-state index contributed by atoms with van der Waals surface area (Å²) in [4.78, 5) is 16.2. The zero-order valence-electron chi connectivity index (χ0n) is 26.0. The molecule has 2 saturated heterocycles. The molecule has 0 radical (unpaired) electrons. The van der Waals surface area contributed by atoms with Crippen molar-refractivity contribution in [1.82, 2.24) is 19.0 Å². The second-order valence-corrected chi connectivity index (χ2v) is 15.8. The Morgan fingerprint density at radius 2 is 1.80 bits per heavy atom. The maximum atomic E-state index is 13.8. The summed E-state index contributed by atoms with van der Waals surface area (Å²) in [7, 11) is -3.68. The van der Waals surface area contributed by atoms with E-state index in [-0.39, 0.29) is 10.8 Å². The van der Waals surface area contributed by atoms with Crippen molar-refractivity contribution in [3.05, 3.63) is 71.3 Å². The third-order valence-electron chi connectivity index (χ3n) is 8.49. The van der Waals surface area contributed by atoms with Crippen LogP contribution in [0.15, 0.2) is 70.6 Å². The molecule has 3 atom stereocenters. The fourth-order valence-corrected chi connectivity index (χ4v) is 9.15. The number of hydrogen-bond acceptors (Lipinski definition) is 6. The van der Waals surface area contributed by atoms with Crippen LogP contribution in [0.1, 0.15) is 65.4 Å². The summed E-state index contributed by atoms with van der Waals surface area (Å²) >= 11 is 6.99. The van der Waals surface area contributed by atoms with Crippen LogP contribution in [0.3, 0.4) is 0 Å². The van der Waals surface area contributed by atoms with Crippen LogP contribution >= 0.6 is 24.0 Å². The van der Waals surface area contributed by atoms with E-state index in [1.165, 1.54) is 11.8 Å². The van der Waals surface area contributed by atoms with E-state index in [2.05, 4.69) is 27.7 Å². The first-order chi connectivity index (χ1) is 21.1. The van der Waals surface area contributed by atoms with Crippen LogP contribution in [0.4, 0.5) is 0 Å². The number of hydrogen-bond donors (Lipinski definition) is 0. The lowest BCUT2D eigenvalue weighted by Gasteiger charge is -2.34. The van der Waals surface area contributed by atoms with Gasteiger partial charge in [0.25, 0.3) is 5.91 Å². The van der Waals surface area contributed by atoms with Crippen molar-refractivity contribution in [3.63, 3.8) is 0 Å². The van der Waals surface area contributed by atoms with Gasteiger partial charge in [-0.1, -0.05) is 101 Å². The molecule has 2 aromatic carbocycles. The van der Waals surface area contributed by atoms with Crippen LogP contribution < -0.4 is 0 Å². The second kappa shape index (κ2) is 14.1. The first kappa shape index (κ1) is 32.6. The van der Waals surface area contributed by atoms with Crippen molar-refractivity contribution in [3.8, 4) is 16.9 Å². The summed E-state index contributed by atoms with van der Waals surface area (Å²) in [6.07, 6.45) is 9.10. The lowest BCUT2D eigenvalue weighted by atomic mass is 9.94. The summed E-state index contributed by atoms with van der Waals surface area (Å²) < 4.78 is 31.5. The van der Waals surface area contributed by atoms with Crippen molar-refractivity contribution < 1.29 is 13.2 Å². The van der Waals surface area contributed by atoms with Crippen molar-refractivity contribution >= 4 is 50.3 Å². The van der Waals surface area contributed by atoms with Gasteiger partial charge in [0.1, 0.15) is 10.0 Å². The number of rotatable bonds is 11. The van der Waals surface area contributed by atoms with E-state index in [4.69, 9.17) is 17.3 Å². The molecule has 3 heterocycles. The topological polar surface area (TPSA) is 75.5 Å². The quantitative estimate of drug-likeness (QED) is 0.157. The number of para-hydroxylation sites is 1. The van der Waals surface area contributed by atoms with Crippen LogP contribution in [0.25, 0.3) is 23.0 Å². The molecule has 7 nitrogen and oxygen atoms in total. The van der Waals surface area contributed by atoms with Gasteiger partial charge in [-0.25, -0.2) is 13.1 Å². The van der Waals surface area contributed by atoms with Crippen LogP contribution in [-0.2, 0) is 14.8 Å². The largest absolute Gasteiger partial charge is 0.293 e. The minimum atomic E-state index is -3.68. The van der Waals surface area contributed by atoms with E-state index < -0.39 is 10.0 Å². The van der Waals surface area contributed by atoms with Gasteiger partial charge >= 0.3 is 0 Å². The Labute approximate surface area is 271 Å². The van der Waals surface area contributed by atoms with Gasteiger partial charge in [-0.15, -0.1) is 0 Å². The second-order valence-electron chi connectivity index (χ2n) is 12.2. The molecule has 3 aromatic rings. The molecule has 10 heteroatoms. The summed E-state index contributed by atoms with van der Waals surface area (Å²) in [5.74, 6) is 0.937. The van der Waals surface area contributed by atoms with Crippen LogP contribution in [0, 0.1) is 17.8 Å². The van der Waals surface area contributed by atoms with E-state index >= 15 is 0 Å². The van der Waals surface area contributed by atoms with Crippen LogP contribution in [-0.4, -0.2) is 57.3 Å². The molecular formula is C34H42N4O3S3. The molecule has 0 bridgehead atoms. The number of aromatic nitrogens is 2. The van der Waals surface area contributed by atoms with E-state index in [1.807, 2.05) is 48.7 Å². The SMILES string of the molecule is CCCCC(CC)CN1C(=O)/C(=C/c2cn(-c3ccccc3)nc2-c2cccc(S(=O)(=O)N3CC(C)CC(C)C3)c2)SC1=S. The summed E-state index contributed by atoms with van der Waals surface area (Å²) in [5, 5.41) is 4.91. The Kier molecular flexibility index (Phi) is 10.4. The average molecular weight is 651 g/mol. The first-order valence-electron chi connectivity index (χ1n) is 15.6.